The lowest BCUT2D eigenvalue weighted by Crippen LogP contribution is -2.14. The molecule has 0 saturated carbocycles. The zero-order chi connectivity index (χ0) is 23.5. The Hall–Kier alpha value is -3.30. The number of carbonyl (C=O) groups excluding carboxylic acids is 4. The first kappa shape index (κ1) is 25.0. The summed E-state index contributed by atoms with van der Waals surface area (Å²) in [6.07, 6.45) is 0.515. The maximum absolute atomic E-state index is 12.3. The Morgan fingerprint density at radius 1 is 0.906 bits per heavy atom. The van der Waals surface area contributed by atoms with Gasteiger partial charge in [-0.2, -0.15) is 0 Å². The molecule has 8 nitrogen and oxygen atoms in total. The second-order valence-electron chi connectivity index (χ2n) is 6.68. The number of ether oxygens (including phenoxy) is 1. The highest BCUT2D eigenvalue weighted by atomic mass is 32.2. The summed E-state index contributed by atoms with van der Waals surface area (Å²) >= 11 is 1.44. The van der Waals surface area contributed by atoms with Gasteiger partial charge in [0.2, 0.25) is 5.78 Å². The second kappa shape index (κ2) is 12.5. The molecule has 0 saturated heterocycles. The molecule has 0 spiro atoms. The van der Waals surface area contributed by atoms with E-state index in [0.717, 1.165) is 9.79 Å². The second-order valence-corrected chi connectivity index (χ2v) is 7.83. The number of oxime groups is 1. The zero-order valence-electron chi connectivity index (χ0n) is 17.7. The summed E-state index contributed by atoms with van der Waals surface area (Å²) in [6, 6.07) is 13.6. The van der Waals surface area contributed by atoms with Gasteiger partial charge in [0.1, 0.15) is 12.3 Å². The minimum atomic E-state index is -0.602. The number of benzene rings is 2. The number of nitrogens with zero attached hydrogens (tertiary/aromatic N) is 1. The smallest absolute Gasteiger partial charge is 0.338 e. The van der Waals surface area contributed by atoms with Gasteiger partial charge in [-0.15, -0.1) is 0 Å². The zero-order valence-corrected chi connectivity index (χ0v) is 18.5. The van der Waals surface area contributed by atoms with Crippen molar-refractivity contribution in [1.29, 1.82) is 0 Å². The molecule has 0 aliphatic carbocycles. The quantitative estimate of drug-likeness (QED) is 0.179. The van der Waals surface area contributed by atoms with E-state index in [2.05, 4.69) is 9.99 Å². The Morgan fingerprint density at radius 3 is 2.00 bits per heavy atom. The van der Waals surface area contributed by atoms with E-state index >= 15 is 0 Å². The van der Waals surface area contributed by atoms with Crippen molar-refractivity contribution in [2.75, 3.05) is 13.2 Å². The predicted molar refractivity (Wildman–Crippen MR) is 118 cm³/mol. The molecule has 0 bridgehead atoms. The van der Waals surface area contributed by atoms with Crippen LogP contribution in [0.5, 0.6) is 0 Å². The van der Waals surface area contributed by atoms with E-state index in [1.807, 2.05) is 0 Å². The van der Waals surface area contributed by atoms with Crippen LogP contribution in [0, 0.1) is 0 Å². The van der Waals surface area contributed by atoms with Crippen LogP contribution >= 0.6 is 11.8 Å². The number of aliphatic hydroxyl groups excluding tert-OH is 1. The summed E-state index contributed by atoms with van der Waals surface area (Å²) < 4.78 is 4.98. The van der Waals surface area contributed by atoms with Crippen LogP contribution < -0.4 is 0 Å². The fourth-order valence-corrected chi connectivity index (χ4v) is 3.25. The topological polar surface area (TPSA) is 119 Å². The van der Waals surface area contributed by atoms with Gasteiger partial charge in [0.15, 0.2) is 5.78 Å². The Kier molecular flexibility index (Phi) is 9.77. The SMILES string of the molecule is CC(=O)O/N=C(/C)C(=O)c1ccc(Sc2ccc(C(=O)OCC(=O)CCCO)cc2)cc1. The first-order valence-electron chi connectivity index (χ1n) is 9.74. The number of hydrogen-bond acceptors (Lipinski definition) is 9. The molecule has 0 aliphatic rings. The van der Waals surface area contributed by atoms with Crippen LogP contribution in [0.15, 0.2) is 63.5 Å². The highest BCUT2D eigenvalue weighted by molar-refractivity contribution is 7.99. The number of esters is 1. The number of rotatable bonds is 11. The fourth-order valence-electron chi connectivity index (χ4n) is 2.43. The van der Waals surface area contributed by atoms with Crippen LogP contribution in [0.25, 0.3) is 0 Å². The van der Waals surface area contributed by atoms with Crippen molar-refractivity contribution in [3.05, 3.63) is 59.7 Å². The molecule has 0 aromatic heterocycles. The van der Waals surface area contributed by atoms with Gasteiger partial charge in [0.25, 0.3) is 0 Å². The number of hydrogen-bond donors (Lipinski definition) is 1. The highest BCUT2D eigenvalue weighted by Crippen LogP contribution is 2.28. The standard InChI is InChI=1S/C23H23NO7S/c1-15(24-31-16(2)26)22(28)17-5-9-20(10-6-17)32-21-11-7-18(8-12-21)23(29)30-14-19(27)4-3-13-25/h5-12,25H,3-4,13-14H2,1-2H3/b24-15-. The van der Waals surface area contributed by atoms with Crippen LogP contribution in [0.3, 0.4) is 0 Å². The first-order valence-corrected chi connectivity index (χ1v) is 10.6. The van der Waals surface area contributed by atoms with Crippen molar-refractivity contribution < 1.29 is 33.9 Å². The van der Waals surface area contributed by atoms with E-state index in [1.54, 1.807) is 48.5 Å². The predicted octanol–water partition coefficient (Wildman–Crippen LogP) is 3.46. The number of carbonyl (C=O) groups is 4. The summed E-state index contributed by atoms with van der Waals surface area (Å²) in [7, 11) is 0. The Morgan fingerprint density at radius 2 is 1.47 bits per heavy atom. The lowest BCUT2D eigenvalue weighted by Gasteiger charge is -2.06. The van der Waals surface area contributed by atoms with Crippen LogP contribution in [-0.4, -0.2) is 47.5 Å². The number of Topliss-reactive ketones (excluding diaryl/α,β-unsaturated/α-hetero) is 2. The van der Waals surface area contributed by atoms with E-state index in [-0.39, 0.29) is 36.9 Å². The van der Waals surface area contributed by atoms with Gasteiger partial charge in [0.05, 0.1) is 5.56 Å². The third-order valence-corrected chi connectivity index (χ3v) is 5.08. The maximum Gasteiger partial charge on any atom is 0.338 e. The normalized spacial score (nSPS) is 11.0. The Balaban J connectivity index is 1.92. The molecule has 2 rings (SSSR count). The van der Waals surface area contributed by atoms with Gasteiger partial charge in [0, 0.05) is 35.3 Å². The minimum Gasteiger partial charge on any atom is -0.454 e. The number of aliphatic hydroxyl groups is 1. The summed E-state index contributed by atoms with van der Waals surface area (Å²) in [5, 5.41) is 12.2. The average molecular weight is 458 g/mol. The molecule has 2 aromatic carbocycles. The monoisotopic (exact) mass is 457 g/mol. The average Bonchev–Trinajstić information content (AvgIpc) is 2.80. The van der Waals surface area contributed by atoms with E-state index in [0.29, 0.717) is 17.5 Å². The van der Waals surface area contributed by atoms with E-state index in [4.69, 9.17) is 9.84 Å². The highest BCUT2D eigenvalue weighted by Gasteiger charge is 2.12. The van der Waals surface area contributed by atoms with Gasteiger partial charge in [-0.3, -0.25) is 9.59 Å². The van der Waals surface area contributed by atoms with Crippen molar-refractivity contribution >= 4 is 41.0 Å². The molecule has 2 aromatic rings. The van der Waals surface area contributed by atoms with Crippen molar-refractivity contribution in [3.63, 3.8) is 0 Å². The summed E-state index contributed by atoms with van der Waals surface area (Å²) in [4.78, 5) is 52.8. The Bertz CT molecular complexity index is 998. The van der Waals surface area contributed by atoms with Gasteiger partial charge < -0.3 is 14.7 Å². The Labute approximate surface area is 189 Å². The largest absolute Gasteiger partial charge is 0.454 e. The summed E-state index contributed by atoms with van der Waals surface area (Å²) in [6.45, 7) is 2.27. The number of ketones is 2. The molecule has 0 amide bonds. The third-order valence-electron chi connectivity index (χ3n) is 4.06. The molecule has 0 heterocycles. The van der Waals surface area contributed by atoms with Crippen molar-refractivity contribution in [2.45, 2.75) is 36.5 Å². The van der Waals surface area contributed by atoms with Gasteiger partial charge >= 0.3 is 11.9 Å². The van der Waals surface area contributed by atoms with Crippen LogP contribution in [0.2, 0.25) is 0 Å². The van der Waals surface area contributed by atoms with E-state index < -0.39 is 11.9 Å². The van der Waals surface area contributed by atoms with Gasteiger partial charge in [-0.1, -0.05) is 16.9 Å². The van der Waals surface area contributed by atoms with Crippen molar-refractivity contribution in [2.24, 2.45) is 5.16 Å². The minimum absolute atomic E-state index is 0.0678. The lowest BCUT2D eigenvalue weighted by molar-refractivity contribution is -0.140. The molecule has 168 valence electrons. The van der Waals surface area contributed by atoms with Crippen LogP contribution in [-0.2, 0) is 19.2 Å². The maximum atomic E-state index is 12.3. The van der Waals surface area contributed by atoms with Gasteiger partial charge in [-0.25, -0.2) is 9.59 Å². The molecule has 0 unspecified atom stereocenters. The molecular weight excluding hydrogens is 434 g/mol. The molecule has 1 N–H and O–H groups in total. The molecule has 9 heteroatoms. The summed E-state index contributed by atoms with van der Waals surface area (Å²) in [5.41, 5.74) is 0.806. The van der Waals surface area contributed by atoms with E-state index in [9.17, 15) is 19.2 Å². The molecule has 0 atom stereocenters. The van der Waals surface area contributed by atoms with Crippen molar-refractivity contribution in [1.82, 2.24) is 0 Å². The fraction of sp³-hybridized carbons (Fsp3) is 0.261. The molecule has 32 heavy (non-hydrogen) atoms. The first-order chi connectivity index (χ1) is 15.3. The van der Waals surface area contributed by atoms with Crippen LogP contribution in [0.1, 0.15) is 47.4 Å². The lowest BCUT2D eigenvalue weighted by atomic mass is 10.1. The molecule has 0 aliphatic heterocycles. The van der Waals surface area contributed by atoms with Crippen LogP contribution in [0.4, 0.5) is 0 Å². The summed E-state index contributed by atoms with van der Waals surface area (Å²) in [5.74, 6) is -1.78. The third kappa shape index (κ3) is 8.09. The molecule has 0 radical (unpaired) electrons. The molecular formula is C23H23NO7S. The van der Waals surface area contributed by atoms with Gasteiger partial charge in [-0.05, 0) is 61.9 Å². The van der Waals surface area contributed by atoms with E-state index in [1.165, 1.54) is 25.6 Å². The molecule has 0 fully saturated rings. The van der Waals surface area contributed by atoms with Crippen molar-refractivity contribution in [3.8, 4) is 0 Å².